The largest absolute Gasteiger partial charge is 0.0651 e. The molecule has 0 heterocycles. The molecule has 16 heavy (non-hydrogen) atoms. The minimum Gasteiger partial charge on any atom is -0.0651 e. The Hall–Kier alpha value is 0. The molecule has 0 aliphatic heterocycles. The van der Waals surface area contributed by atoms with Gasteiger partial charge in [0.15, 0.2) is 0 Å². The first-order valence-corrected chi connectivity index (χ1v) is 7.23. The van der Waals surface area contributed by atoms with Gasteiger partial charge in [0.2, 0.25) is 0 Å². The van der Waals surface area contributed by atoms with Crippen LogP contribution in [0, 0.1) is 29.1 Å². The summed E-state index contributed by atoms with van der Waals surface area (Å²) < 4.78 is 0. The van der Waals surface area contributed by atoms with E-state index in [0.29, 0.717) is 5.41 Å². The zero-order valence-electron chi connectivity index (χ0n) is 12.9. The second kappa shape index (κ2) is 6.67. The molecule has 0 heteroatoms. The maximum Gasteiger partial charge on any atom is -0.0354 e. The molecule has 4 atom stereocenters. The Labute approximate surface area is 104 Å². The fraction of sp³-hybridized carbons (Fsp3) is 1.00. The Morgan fingerprint density at radius 2 is 1.38 bits per heavy atom. The van der Waals surface area contributed by atoms with E-state index in [1.165, 1.54) is 19.3 Å². The summed E-state index contributed by atoms with van der Waals surface area (Å²) in [6.07, 6.45) is 4.08. The van der Waals surface area contributed by atoms with Crippen LogP contribution in [0.5, 0.6) is 0 Å². The fourth-order valence-corrected chi connectivity index (χ4v) is 2.63. The molecule has 0 bridgehead atoms. The molecular weight excluding hydrogens is 192 g/mol. The second-order valence-electron chi connectivity index (χ2n) is 6.93. The highest BCUT2D eigenvalue weighted by molar-refractivity contribution is 4.79. The van der Waals surface area contributed by atoms with Crippen LogP contribution in [0.2, 0.25) is 0 Å². The minimum absolute atomic E-state index is 0.447. The van der Waals surface area contributed by atoms with Gasteiger partial charge in [-0.15, -0.1) is 0 Å². The van der Waals surface area contributed by atoms with Crippen molar-refractivity contribution in [3.63, 3.8) is 0 Å². The Morgan fingerprint density at radius 1 is 0.875 bits per heavy atom. The standard InChI is InChI=1S/C16H34/c1-9-12(3)11-15(10-2)13(4)14(5)16(6,7)8/h12-15H,9-11H2,1-8H3. The van der Waals surface area contributed by atoms with Gasteiger partial charge >= 0.3 is 0 Å². The van der Waals surface area contributed by atoms with E-state index in [-0.39, 0.29) is 0 Å². The Morgan fingerprint density at radius 3 is 1.69 bits per heavy atom. The molecule has 0 fully saturated rings. The zero-order chi connectivity index (χ0) is 12.9. The third kappa shape index (κ3) is 4.89. The zero-order valence-corrected chi connectivity index (χ0v) is 12.9. The lowest BCUT2D eigenvalue weighted by molar-refractivity contribution is 0.122. The summed E-state index contributed by atoms with van der Waals surface area (Å²) in [6, 6.07) is 0. The first-order chi connectivity index (χ1) is 7.23. The quantitative estimate of drug-likeness (QED) is 0.539. The molecule has 0 aromatic carbocycles. The topological polar surface area (TPSA) is 0 Å². The summed E-state index contributed by atoms with van der Waals surface area (Å²) in [5.74, 6) is 3.45. The first-order valence-electron chi connectivity index (χ1n) is 7.23. The highest BCUT2D eigenvalue weighted by Gasteiger charge is 2.30. The van der Waals surface area contributed by atoms with Crippen molar-refractivity contribution in [3.8, 4) is 0 Å². The van der Waals surface area contributed by atoms with Crippen molar-refractivity contribution >= 4 is 0 Å². The van der Waals surface area contributed by atoms with Gasteiger partial charge < -0.3 is 0 Å². The van der Waals surface area contributed by atoms with Crippen LogP contribution in [0.25, 0.3) is 0 Å². The van der Waals surface area contributed by atoms with Crippen LogP contribution >= 0.6 is 0 Å². The lowest BCUT2D eigenvalue weighted by atomic mass is 9.68. The van der Waals surface area contributed by atoms with E-state index in [2.05, 4.69) is 55.4 Å². The van der Waals surface area contributed by atoms with Crippen molar-refractivity contribution in [2.75, 3.05) is 0 Å². The second-order valence-corrected chi connectivity index (χ2v) is 6.93. The van der Waals surface area contributed by atoms with Crippen LogP contribution in [0.4, 0.5) is 0 Å². The highest BCUT2D eigenvalue weighted by Crippen LogP contribution is 2.38. The van der Waals surface area contributed by atoms with Crippen molar-refractivity contribution in [2.24, 2.45) is 29.1 Å². The van der Waals surface area contributed by atoms with E-state index >= 15 is 0 Å². The van der Waals surface area contributed by atoms with Crippen molar-refractivity contribution in [1.29, 1.82) is 0 Å². The summed E-state index contributed by atoms with van der Waals surface area (Å²) in [4.78, 5) is 0. The van der Waals surface area contributed by atoms with Crippen LogP contribution < -0.4 is 0 Å². The smallest absolute Gasteiger partial charge is 0.0354 e. The van der Waals surface area contributed by atoms with E-state index in [1.807, 2.05) is 0 Å². The van der Waals surface area contributed by atoms with Gasteiger partial charge in [-0.2, -0.15) is 0 Å². The predicted octanol–water partition coefficient (Wildman–Crippen LogP) is 5.77. The van der Waals surface area contributed by atoms with Gasteiger partial charge in [-0.1, -0.05) is 68.2 Å². The molecule has 0 saturated carbocycles. The molecule has 0 radical (unpaired) electrons. The number of hydrogen-bond donors (Lipinski definition) is 0. The van der Waals surface area contributed by atoms with Gasteiger partial charge in [-0.05, 0) is 35.5 Å². The van der Waals surface area contributed by atoms with Crippen LogP contribution in [0.1, 0.15) is 74.7 Å². The molecular formula is C16H34. The molecule has 0 spiro atoms. The fourth-order valence-electron chi connectivity index (χ4n) is 2.63. The van der Waals surface area contributed by atoms with E-state index in [0.717, 1.165) is 23.7 Å². The van der Waals surface area contributed by atoms with E-state index < -0.39 is 0 Å². The van der Waals surface area contributed by atoms with E-state index in [9.17, 15) is 0 Å². The molecule has 0 N–H and O–H groups in total. The van der Waals surface area contributed by atoms with Gasteiger partial charge in [-0.25, -0.2) is 0 Å². The molecule has 0 aromatic heterocycles. The summed E-state index contributed by atoms with van der Waals surface area (Å²) in [5.41, 5.74) is 0.447. The molecule has 4 unspecified atom stereocenters. The summed E-state index contributed by atoms with van der Waals surface area (Å²) >= 11 is 0. The third-order valence-electron chi connectivity index (χ3n) is 4.82. The maximum absolute atomic E-state index is 2.46. The number of hydrogen-bond acceptors (Lipinski definition) is 0. The summed E-state index contributed by atoms with van der Waals surface area (Å²) in [7, 11) is 0. The van der Waals surface area contributed by atoms with Gasteiger partial charge in [0.25, 0.3) is 0 Å². The third-order valence-corrected chi connectivity index (χ3v) is 4.82. The predicted molar refractivity (Wildman–Crippen MR) is 75.6 cm³/mol. The Kier molecular flexibility index (Phi) is 6.67. The molecule has 0 aliphatic rings. The van der Waals surface area contributed by atoms with Crippen LogP contribution in [-0.2, 0) is 0 Å². The number of rotatable bonds is 6. The van der Waals surface area contributed by atoms with Crippen LogP contribution in [0.3, 0.4) is 0 Å². The molecule has 0 saturated heterocycles. The lowest BCUT2D eigenvalue weighted by Crippen LogP contribution is -2.29. The van der Waals surface area contributed by atoms with Crippen molar-refractivity contribution in [3.05, 3.63) is 0 Å². The normalized spacial score (nSPS) is 20.2. The van der Waals surface area contributed by atoms with Crippen molar-refractivity contribution in [2.45, 2.75) is 74.7 Å². The summed E-state index contributed by atoms with van der Waals surface area (Å²) in [6.45, 7) is 19.1. The average molecular weight is 226 g/mol. The molecule has 98 valence electrons. The van der Waals surface area contributed by atoms with E-state index in [4.69, 9.17) is 0 Å². The van der Waals surface area contributed by atoms with Gasteiger partial charge in [-0.3, -0.25) is 0 Å². The van der Waals surface area contributed by atoms with Crippen LogP contribution in [-0.4, -0.2) is 0 Å². The minimum atomic E-state index is 0.447. The van der Waals surface area contributed by atoms with Gasteiger partial charge in [0.1, 0.15) is 0 Å². The molecule has 0 aromatic rings. The van der Waals surface area contributed by atoms with Crippen molar-refractivity contribution in [1.82, 2.24) is 0 Å². The van der Waals surface area contributed by atoms with Gasteiger partial charge in [0, 0.05) is 0 Å². The average Bonchev–Trinajstić information content (AvgIpc) is 2.22. The van der Waals surface area contributed by atoms with Crippen LogP contribution in [0.15, 0.2) is 0 Å². The molecule has 0 nitrogen and oxygen atoms in total. The summed E-state index contributed by atoms with van der Waals surface area (Å²) in [5, 5.41) is 0. The van der Waals surface area contributed by atoms with E-state index in [1.54, 1.807) is 0 Å². The monoisotopic (exact) mass is 226 g/mol. The first kappa shape index (κ1) is 16.0. The maximum atomic E-state index is 2.46. The molecule has 0 aliphatic carbocycles. The van der Waals surface area contributed by atoms with Gasteiger partial charge in [0.05, 0.1) is 0 Å². The lowest BCUT2D eigenvalue weighted by Gasteiger charge is -2.37. The Bertz CT molecular complexity index is 175. The molecule has 0 amide bonds. The highest BCUT2D eigenvalue weighted by atomic mass is 14.4. The molecule has 0 rings (SSSR count). The van der Waals surface area contributed by atoms with Crippen molar-refractivity contribution < 1.29 is 0 Å². The SMILES string of the molecule is CCC(C)CC(CC)C(C)C(C)C(C)(C)C. The Balaban J connectivity index is 4.46.